The molecule has 0 unspecified atom stereocenters. The van der Waals surface area contributed by atoms with Crippen LogP contribution < -0.4 is 0 Å². The van der Waals surface area contributed by atoms with E-state index >= 15 is 0 Å². The molecule has 3 heteroatoms. The first-order chi connectivity index (χ1) is 8.51. The molecule has 0 atom stereocenters. The molecule has 2 rings (SSSR count). The second-order valence-electron chi connectivity index (χ2n) is 5.17. The summed E-state index contributed by atoms with van der Waals surface area (Å²) in [5.41, 5.74) is 3.06. The summed E-state index contributed by atoms with van der Waals surface area (Å²) in [4.78, 5) is 0. The Morgan fingerprint density at radius 1 is 1.11 bits per heavy atom. The molecule has 18 heavy (non-hydrogen) atoms. The van der Waals surface area contributed by atoms with Crippen LogP contribution in [0.2, 0.25) is 0 Å². The van der Waals surface area contributed by atoms with Crippen LogP contribution in [0.5, 0.6) is 0 Å². The third-order valence-electron chi connectivity index (χ3n) is 4.16. The minimum atomic E-state index is -0.589. The van der Waals surface area contributed by atoms with E-state index in [1.165, 1.54) is 11.1 Å². The number of methoxy groups -OCH3 is 2. The van der Waals surface area contributed by atoms with E-state index in [1.807, 2.05) is 6.07 Å². The molecule has 1 aromatic rings. The number of hydrogen-bond donors (Lipinski definition) is 0. The van der Waals surface area contributed by atoms with Gasteiger partial charge in [0.2, 0.25) is 0 Å². The molecule has 0 radical (unpaired) electrons. The van der Waals surface area contributed by atoms with Crippen LogP contribution in [0.25, 0.3) is 0 Å². The van der Waals surface area contributed by atoms with Crippen LogP contribution in [0.4, 0.5) is 0 Å². The van der Waals surface area contributed by atoms with Crippen molar-refractivity contribution in [2.24, 2.45) is 0 Å². The highest BCUT2D eigenvalue weighted by Crippen LogP contribution is 2.52. The average Bonchev–Trinajstić information content (AvgIpc) is 2.34. The Morgan fingerprint density at radius 2 is 1.72 bits per heavy atom. The summed E-state index contributed by atoms with van der Waals surface area (Å²) >= 11 is 0. The van der Waals surface area contributed by atoms with E-state index in [1.54, 1.807) is 14.2 Å². The standard InChI is InChI=1S/C15H19NO2/c1-11-5-6-13(7-12(11)2)14(10-16)8-15(9-14,17-3)18-4/h5-7H,8-9H2,1-4H3. The molecule has 3 nitrogen and oxygen atoms in total. The summed E-state index contributed by atoms with van der Waals surface area (Å²) in [5, 5.41) is 9.51. The van der Waals surface area contributed by atoms with E-state index in [-0.39, 0.29) is 0 Å². The largest absolute Gasteiger partial charge is 0.353 e. The second kappa shape index (κ2) is 4.38. The SMILES string of the molecule is COC1(OC)CC(C#N)(c2ccc(C)c(C)c2)C1. The first-order valence-corrected chi connectivity index (χ1v) is 6.10. The van der Waals surface area contributed by atoms with Gasteiger partial charge in [0.15, 0.2) is 5.79 Å². The molecule has 0 bridgehead atoms. The van der Waals surface area contributed by atoms with E-state index in [4.69, 9.17) is 9.47 Å². The fourth-order valence-corrected chi connectivity index (χ4v) is 2.63. The normalized spacial score (nSPS) is 19.9. The number of benzene rings is 1. The van der Waals surface area contributed by atoms with Crippen LogP contribution in [-0.4, -0.2) is 20.0 Å². The van der Waals surface area contributed by atoms with Crippen molar-refractivity contribution < 1.29 is 9.47 Å². The Hall–Kier alpha value is -1.37. The fourth-order valence-electron chi connectivity index (χ4n) is 2.63. The van der Waals surface area contributed by atoms with Crippen molar-refractivity contribution in [1.29, 1.82) is 5.26 Å². The van der Waals surface area contributed by atoms with Crippen LogP contribution in [0.1, 0.15) is 29.5 Å². The summed E-state index contributed by atoms with van der Waals surface area (Å²) in [6.45, 7) is 4.15. The molecular formula is C15H19NO2. The molecule has 0 saturated heterocycles. The number of ether oxygens (including phenoxy) is 2. The van der Waals surface area contributed by atoms with Gasteiger partial charge >= 0.3 is 0 Å². The van der Waals surface area contributed by atoms with Crippen molar-refractivity contribution >= 4 is 0 Å². The average molecular weight is 245 g/mol. The smallest absolute Gasteiger partial charge is 0.171 e. The number of hydrogen-bond acceptors (Lipinski definition) is 3. The predicted molar refractivity (Wildman–Crippen MR) is 69.2 cm³/mol. The highest BCUT2D eigenvalue weighted by Gasteiger charge is 2.57. The van der Waals surface area contributed by atoms with E-state index in [0.29, 0.717) is 12.8 Å². The third kappa shape index (κ3) is 1.82. The lowest BCUT2D eigenvalue weighted by molar-refractivity contribution is -0.269. The van der Waals surface area contributed by atoms with Gasteiger partial charge < -0.3 is 9.47 Å². The van der Waals surface area contributed by atoms with Gasteiger partial charge in [-0.2, -0.15) is 5.26 Å². The van der Waals surface area contributed by atoms with Crippen molar-refractivity contribution in [3.8, 4) is 6.07 Å². The van der Waals surface area contributed by atoms with E-state index < -0.39 is 11.2 Å². The van der Waals surface area contributed by atoms with Crippen LogP contribution >= 0.6 is 0 Å². The van der Waals surface area contributed by atoms with Gasteiger partial charge in [-0.05, 0) is 30.5 Å². The zero-order chi connectivity index (χ0) is 13.4. The van der Waals surface area contributed by atoms with Gasteiger partial charge in [-0.15, -0.1) is 0 Å². The maximum absolute atomic E-state index is 9.51. The van der Waals surface area contributed by atoms with E-state index in [0.717, 1.165) is 5.56 Å². The Balaban J connectivity index is 2.32. The van der Waals surface area contributed by atoms with Gasteiger partial charge in [0, 0.05) is 27.1 Å². The Bertz CT molecular complexity index is 490. The first-order valence-electron chi connectivity index (χ1n) is 6.10. The highest BCUT2D eigenvalue weighted by atomic mass is 16.7. The van der Waals surface area contributed by atoms with Gasteiger partial charge in [-0.25, -0.2) is 0 Å². The van der Waals surface area contributed by atoms with Gasteiger partial charge in [0.1, 0.15) is 0 Å². The lowest BCUT2D eigenvalue weighted by atomic mass is 9.61. The third-order valence-corrected chi connectivity index (χ3v) is 4.16. The van der Waals surface area contributed by atoms with Crippen molar-refractivity contribution in [1.82, 2.24) is 0 Å². The molecule has 96 valence electrons. The molecule has 1 fully saturated rings. The number of aryl methyl sites for hydroxylation is 2. The maximum Gasteiger partial charge on any atom is 0.171 e. The van der Waals surface area contributed by atoms with Crippen molar-refractivity contribution in [3.63, 3.8) is 0 Å². The number of rotatable bonds is 3. The minimum absolute atomic E-state index is 0.468. The van der Waals surface area contributed by atoms with Crippen LogP contribution in [0, 0.1) is 25.2 Å². The molecule has 1 aliphatic rings. The van der Waals surface area contributed by atoms with Crippen LogP contribution in [0.3, 0.4) is 0 Å². The van der Waals surface area contributed by atoms with Gasteiger partial charge in [-0.1, -0.05) is 18.2 Å². The molecule has 0 amide bonds. The van der Waals surface area contributed by atoms with Crippen molar-refractivity contribution in [2.75, 3.05) is 14.2 Å². The predicted octanol–water partition coefficient (Wildman–Crippen LogP) is 2.85. The molecule has 0 aliphatic heterocycles. The number of nitrogens with zero attached hydrogens (tertiary/aromatic N) is 1. The Labute approximate surface area is 108 Å². The van der Waals surface area contributed by atoms with Crippen molar-refractivity contribution in [3.05, 3.63) is 34.9 Å². The molecule has 0 heterocycles. The minimum Gasteiger partial charge on any atom is -0.353 e. The topological polar surface area (TPSA) is 42.2 Å². The summed E-state index contributed by atoms with van der Waals surface area (Å²) in [6, 6.07) is 8.66. The van der Waals surface area contributed by atoms with Crippen molar-refractivity contribution in [2.45, 2.75) is 37.9 Å². The Morgan fingerprint density at radius 3 is 2.17 bits per heavy atom. The lowest BCUT2D eigenvalue weighted by Crippen LogP contribution is -2.56. The maximum atomic E-state index is 9.51. The van der Waals surface area contributed by atoms with E-state index in [9.17, 15) is 5.26 Å². The second-order valence-corrected chi connectivity index (χ2v) is 5.17. The molecule has 1 aliphatic carbocycles. The molecule has 1 saturated carbocycles. The number of nitriles is 1. The zero-order valence-electron chi connectivity index (χ0n) is 11.4. The molecule has 0 aromatic heterocycles. The van der Waals surface area contributed by atoms with Gasteiger partial charge in [-0.3, -0.25) is 0 Å². The quantitative estimate of drug-likeness (QED) is 0.769. The van der Waals surface area contributed by atoms with Crippen LogP contribution in [-0.2, 0) is 14.9 Å². The Kier molecular flexibility index (Phi) is 3.18. The zero-order valence-corrected chi connectivity index (χ0v) is 11.4. The van der Waals surface area contributed by atoms with Gasteiger partial charge in [0.05, 0.1) is 11.5 Å². The lowest BCUT2D eigenvalue weighted by Gasteiger charge is -2.50. The molecular weight excluding hydrogens is 226 g/mol. The van der Waals surface area contributed by atoms with E-state index in [2.05, 4.69) is 32.0 Å². The molecule has 1 aromatic carbocycles. The highest BCUT2D eigenvalue weighted by molar-refractivity contribution is 5.42. The summed E-state index contributed by atoms with van der Waals surface area (Å²) in [7, 11) is 3.26. The first kappa shape index (κ1) is 13.1. The summed E-state index contributed by atoms with van der Waals surface area (Å²) < 4.78 is 10.8. The molecule has 0 spiro atoms. The summed E-state index contributed by atoms with van der Waals surface area (Å²) in [5.74, 6) is -0.589. The monoisotopic (exact) mass is 245 g/mol. The fraction of sp³-hybridized carbons (Fsp3) is 0.533. The molecule has 0 N–H and O–H groups in total. The van der Waals surface area contributed by atoms with Gasteiger partial charge in [0.25, 0.3) is 0 Å². The summed E-state index contributed by atoms with van der Waals surface area (Å²) in [6.07, 6.45) is 1.18. The van der Waals surface area contributed by atoms with Crippen LogP contribution in [0.15, 0.2) is 18.2 Å².